The Morgan fingerprint density at radius 1 is 1.43 bits per heavy atom. The van der Waals surface area contributed by atoms with Crippen LogP contribution in [0.4, 0.5) is 0 Å². The zero-order valence-corrected chi connectivity index (χ0v) is 13.4. The molecule has 1 heterocycles. The summed E-state index contributed by atoms with van der Waals surface area (Å²) in [6.45, 7) is 4.50. The average Bonchev–Trinajstić information content (AvgIpc) is 2.46. The fourth-order valence-corrected chi connectivity index (χ4v) is 4.48. The Hall–Kier alpha value is -1.42. The molecule has 5 nitrogen and oxygen atoms in total. The van der Waals surface area contributed by atoms with Crippen molar-refractivity contribution in [3.8, 4) is 6.07 Å². The lowest BCUT2D eigenvalue weighted by molar-refractivity contribution is -0.0319. The van der Waals surface area contributed by atoms with Crippen LogP contribution < -0.4 is 0 Å². The highest BCUT2D eigenvalue weighted by Crippen LogP contribution is 2.29. The highest BCUT2D eigenvalue weighted by Gasteiger charge is 2.37. The van der Waals surface area contributed by atoms with E-state index in [0.29, 0.717) is 24.2 Å². The maximum absolute atomic E-state index is 12.8. The predicted octanol–water partition coefficient (Wildman–Crippen LogP) is 2.06. The Kier molecular flexibility index (Phi) is 4.38. The highest BCUT2D eigenvalue weighted by molar-refractivity contribution is 7.89. The highest BCUT2D eigenvalue weighted by atomic mass is 32.2. The molecular weight excluding hydrogens is 288 g/mol. The number of piperidine rings is 1. The minimum atomic E-state index is -3.55. The van der Waals surface area contributed by atoms with E-state index >= 15 is 0 Å². The molecule has 0 aromatic heterocycles. The fraction of sp³-hybridized carbons (Fsp3) is 0.533. The van der Waals surface area contributed by atoms with Crippen molar-refractivity contribution in [3.63, 3.8) is 0 Å². The van der Waals surface area contributed by atoms with Crippen LogP contribution in [-0.4, -0.2) is 38.5 Å². The van der Waals surface area contributed by atoms with E-state index in [4.69, 9.17) is 10.00 Å². The third-order valence-corrected chi connectivity index (χ3v) is 6.04. The second-order valence-corrected chi connectivity index (χ2v) is 7.59. The van der Waals surface area contributed by atoms with Gasteiger partial charge in [-0.25, -0.2) is 8.42 Å². The van der Waals surface area contributed by atoms with Crippen molar-refractivity contribution in [1.82, 2.24) is 4.31 Å². The SMILES string of the molecule is COC1(C)CCCN(S(=O)(=O)c2ccc(C#N)cc2C)C1. The number of rotatable bonds is 3. The van der Waals surface area contributed by atoms with Crippen LogP contribution in [-0.2, 0) is 14.8 Å². The number of aryl methyl sites for hydroxylation is 1. The van der Waals surface area contributed by atoms with E-state index in [0.717, 1.165) is 12.8 Å². The lowest BCUT2D eigenvalue weighted by atomic mass is 9.96. The quantitative estimate of drug-likeness (QED) is 0.857. The number of sulfonamides is 1. The molecule has 0 spiro atoms. The summed E-state index contributed by atoms with van der Waals surface area (Å²) >= 11 is 0. The molecule has 0 amide bonds. The maximum Gasteiger partial charge on any atom is 0.243 e. The van der Waals surface area contributed by atoms with Crippen LogP contribution in [0, 0.1) is 18.3 Å². The minimum Gasteiger partial charge on any atom is -0.377 e. The molecule has 1 aromatic carbocycles. The summed E-state index contributed by atoms with van der Waals surface area (Å²) < 4.78 is 32.5. The van der Waals surface area contributed by atoms with E-state index in [1.165, 1.54) is 10.4 Å². The van der Waals surface area contributed by atoms with Gasteiger partial charge in [0.25, 0.3) is 0 Å². The van der Waals surface area contributed by atoms with Crippen molar-refractivity contribution in [2.24, 2.45) is 0 Å². The van der Waals surface area contributed by atoms with Gasteiger partial charge in [-0.05, 0) is 50.5 Å². The Balaban J connectivity index is 2.36. The van der Waals surface area contributed by atoms with Gasteiger partial charge in [-0.3, -0.25) is 0 Å². The van der Waals surface area contributed by atoms with Gasteiger partial charge in [0.05, 0.1) is 22.1 Å². The van der Waals surface area contributed by atoms with Gasteiger partial charge in [-0.15, -0.1) is 0 Å². The Morgan fingerprint density at radius 2 is 2.14 bits per heavy atom. The summed E-state index contributed by atoms with van der Waals surface area (Å²) in [7, 11) is -1.94. The molecule has 0 saturated carbocycles. The molecule has 1 aromatic rings. The predicted molar refractivity (Wildman–Crippen MR) is 79.3 cm³/mol. The zero-order chi connectivity index (χ0) is 15.7. The van der Waals surface area contributed by atoms with Crippen molar-refractivity contribution >= 4 is 10.0 Å². The number of nitrogens with zero attached hydrogens (tertiary/aromatic N) is 2. The first kappa shape index (κ1) is 16.0. The van der Waals surface area contributed by atoms with Crippen molar-refractivity contribution in [1.29, 1.82) is 5.26 Å². The molecular formula is C15H20N2O3S. The number of hydrogen-bond acceptors (Lipinski definition) is 4. The fourth-order valence-electron chi connectivity index (χ4n) is 2.68. The molecule has 1 atom stereocenters. The summed E-state index contributed by atoms with van der Waals surface area (Å²) in [5.41, 5.74) is 0.622. The first-order chi connectivity index (χ1) is 9.82. The van der Waals surface area contributed by atoms with Crippen molar-refractivity contribution in [3.05, 3.63) is 29.3 Å². The van der Waals surface area contributed by atoms with Gasteiger partial charge in [0.15, 0.2) is 0 Å². The molecule has 1 aliphatic rings. The standard InChI is InChI=1S/C15H20N2O3S/c1-12-9-13(10-16)5-6-14(12)21(18,19)17-8-4-7-15(2,11-17)20-3/h5-6,9H,4,7-8,11H2,1-3H3. The summed E-state index contributed by atoms with van der Waals surface area (Å²) in [6.07, 6.45) is 1.63. The molecule has 2 rings (SSSR count). The molecule has 0 N–H and O–H groups in total. The summed E-state index contributed by atoms with van der Waals surface area (Å²) in [5, 5.41) is 8.88. The second-order valence-electron chi connectivity index (χ2n) is 5.69. The molecule has 6 heteroatoms. The Morgan fingerprint density at radius 3 is 2.71 bits per heavy atom. The van der Waals surface area contributed by atoms with Gasteiger partial charge in [0.2, 0.25) is 10.0 Å². The van der Waals surface area contributed by atoms with Crippen LogP contribution in [0.15, 0.2) is 23.1 Å². The van der Waals surface area contributed by atoms with Crippen LogP contribution in [0.1, 0.15) is 30.9 Å². The minimum absolute atomic E-state index is 0.266. The van der Waals surface area contributed by atoms with E-state index in [1.807, 2.05) is 13.0 Å². The van der Waals surface area contributed by atoms with Crippen molar-refractivity contribution < 1.29 is 13.2 Å². The van der Waals surface area contributed by atoms with E-state index in [2.05, 4.69) is 0 Å². The van der Waals surface area contributed by atoms with Crippen LogP contribution in [0.3, 0.4) is 0 Å². The first-order valence-electron chi connectivity index (χ1n) is 6.88. The first-order valence-corrected chi connectivity index (χ1v) is 8.32. The smallest absolute Gasteiger partial charge is 0.243 e. The number of benzene rings is 1. The van der Waals surface area contributed by atoms with Gasteiger partial charge in [-0.2, -0.15) is 9.57 Å². The lowest BCUT2D eigenvalue weighted by Crippen LogP contribution is -2.49. The lowest BCUT2D eigenvalue weighted by Gasteiger charge is -2.38. The number of methoxy groups -OCH3 is 1. The van der Waals surface area contributed by atoms with E-state index < -0.39 is 15.6 Å². The van der Waals surface area contributed by atoms with Crippen LogP contribution in [0.2, 0.25) is 0 Å². The van der Waals surface area contributed by atoms with Gasteiger partial charge >= 0.3 is 0 Å². The molecule has 1 saturated heterocycles. The van der Waals surface area contributed by atoms with Gasteiger partial charge in [0.1, 0.15) is 0 Å². The van der Waals surface area contributed by atoms with E-state index in [9.17, 15) is 8.42 Å². The van der Waals surface area contributed by atoms with E-state index in [1.54, 1.807) is 26.2 Å². The van der Waals surface area contributed by atoms with E-state index in [-0.39, 0.29) is 4.90 Å². The third kappa shape index (κ3) is 3.10. The monoisotopic (exact) mass is 308 g/mol. The van der Waals surface area contributed by atoms with Gasteiger partial charge in [0, 0.05) is 20.2 Å². The van der Waals surface area contributed by atoms with Crippen LogP contribution >= 0.6 is 0 Å². The van der Waals surface area contributed by atoms with Gasteiger partial charge in [-0.1, -0.05) is 0 Å². The second kappa shape index (κ2) is 5.76. The van der Waals surface area contributed by atoms with Crippen LogP contribution in [0.5, 0.6) is 0 Å². The molecule has 0 aliphatic carbocycles. The molecule has 1 aliphatic heterocycles. The molecule has 1 unspecified atom stereocenters. The Labute approximate surface area is 126 Å². The summed E-state index contributed by atoms with van der Waals surface area (Å²) in [5.74, 6) is 0. The zero-order valence-electron chi connectivity index (χ0n) is 12.6. The summed E-state index contributed by atoms with van der Waals surface area (Å²) in [4.78, 5) is 0.266. The molecule has 114 valence electrons. The molecule has 21 heavy (non-hydrogen) atoms. The van der Waals surface area contributed by atoms with Gasteiger partial charge < -0.3 is 4.74 Å². The van der Waals surface area contributed by atoms with Crippen molar-refractivity contribution in [2.45, 2.75) is 37.2 Å². The van der Waals surface area contributed by atoms with Crippen molar-refractivity contribution in [2.75, 3.05) is 20.2 Å². The normalized spacial score (nSPS) is 23.7. The topological polar surface area (TPSA) is 70.4 Å². The number of nitriles is 1. The largest absolute Gasteiger partial charge is 0.377 e. The molecule has 0 radical (unpaired) electrons. The molecule has 1 fully saturated rings. The summed E-state index contributed by atoms with van der Waals surface area (Å²) in [6, 6.07) is 6.68. The number of hydrogen-bond donors (Lipinski definition) is 0. The number of ether oxygens (including phenoxy) is 1. The third-order valence-electron chi connectivity index (χ3n) is 4.04. The average molecular weight is 308 g/mol. The molecule has 0 bridgehead atoms. The maximum atomic E-state index is 12.8. The van der Waals surface area contributed by atoms with Crippen LogP contribution in [0.25, 0.3) is 0 Å². The Bertz CT molecular complexity index is 679.